The lowest BCUT2D eigenvalue weighted by molar-refractivity contribution is -0.246. The summed E-state index contributed by atoms with van der Waals surface area (Å²) in [6.07, 6.45) is 0.670. The standard InChI is InChI=1S/C13H28N2O3/c1-10(16)6-14-9-18-13(17)7-11(2,3)15-12(4,5)8-13/h10,14-17H,6-9H2,1-5H3. The van der Waals surface area contributed by atoms with E-state index in [0.717, 1.165) is 0 Å². The minimum Gasteiger partial charge on any atom is -0.392 e. The first-order valence-corrected chi connectivity index (χ1v) is 6.58. The van der Waals surface area contributed by atoms with E-state index in [-0.39, 0.29) is 17.8 Å². The summed E-state index contributed by atoms with van der Waals surface area (Å²) in [4.78, 5) is 0. The van der Waals surface area contributed by atoms with E-state index in [1.807, 2.05) is 0 Å². The summed E-state index contributed by atoms with van der Waals surface area (Å²) >= 11 is 0. The van der Waals surface area contributed by atoms with Crippen LogP contribution in [-0.4, -0.2) is 46.5 Å². The Labute approximate surface area is 110 Å². The van der Waals surface area contributed by atoms with Gasteiger partial charge in [-0.2, -0.15) is 0 Å². The molecule has 5 heteroatoms. The molecule has 1 aliphatic rings. The summed E-state index contributed by atoms with van der Waals surface area (Å²) in [5, 5.41) is 26.1. The summed E-state index contributed by atoms with van der Waals surface area (Å²) in [5.41, 5.74) is -0.332. The lowest BCUT2D eigenvalue weighted by Crippen LogP contribution is -2.64. The lowest BCUT2D eigenvalue weighted by Gasteiger charge is -2.50. The first kappa shape index (κ1) is 15.9. The third kappa shape index (κ3) is 5.20. The first-order chi connectivity index (χ1) is 8.04. The highest BCUT2D eigenvalue weighted by Crippen LogP contribution is 2.36. The fraction of sp³-hybridized carbons (Fsp3) is 1.00. The molecular weight excluding hydrogens is 232 g/mol. The smallest absolute Gasteiger partial charge is 0.170 e. The number of ether oxygens (including phenoxy) is 1. The fourth-order valence-corrected chi connectivity index (χ4v) is 3.00. The molecule has 1 aliphatic heterocycles. The average molecular weight is 260 g/mol. The maximum absolute atomic E-state index is 10.5. The molecule has 0 aromatic heterocycles. The Kier molecular flexibility index (Phi) is 4.78. The van der Waals surface area contributed by atoms with Crippen LogP contribution in [0.2, 0.25) is 0 Å². The van der Waals surface area contributed by atoms with E-state index >= 15 is 0 Å². The molecule has 1 unspecified atom stereocenters. The minimum atomic E-state index is -1.12. The van der Waals surface area contributed by atoms with Crippen LogP contribution < -0.4 is 10.6 Å². The van der Waals surface area contributed by atoms with Crippen molar-refractivity contribution in [3.8, 4) is 0 Å². The molecule has 18 heavy (non-hydrogen) atoms. The van der Waals surface area contributed by atoms with Crippen LogP contribution in [0.25, 0.3) is 0 Å². The number of aliphatic hydroxyl groups excluding tert-OH is 1. The van der Waals surface area contributed by atoms with Crippen LogP contribution >= 0.6 is 0 Å². The number of hydrogen-bond acceptors (Lipinski definition) is 5. The molecule has 1 atom stereocenters. The average Bonchev–Trinajstić information content (AvgIpc) is 2.05. The number of nitrogens with one attached hydrogen (secondary N) is 2. The van der Waals surface area contributed by atoms with Crippen molar-refractivity contribution in [2.75, 3.05) is 13.3 Å². The Balaban J connectivity index is 2.51. The molecule has 0 aromatic rings. The third-order valence-corrected chi connectivity index (χ3v) is 3.00. The summed E-state index contributed by atoms with van der Waals surface area (Å²) < 4.78 is 5.59. The number of aliphatic hydroxyl groups is 2. The van der Waals surface area contributed by atoms with Crippen molar-refractivity contribution >= 4 is 0 Å². The van der Waals surface area contributed by atoms with Gasteiger partial charge in [-0.1, -0.05) is 0 Å². The Morgan fingerprint density at radius 1 is 1.22 bits per heavy atom. The van der Waals surface area contributed by atoms with E-state index in [2.05, 4.69) is 38.3 Å². The second-order valence-electron chi connectivity index (χ2n) is 6.78. The van der Waals surface area contributed by atoms with Gasteiger partial charge in [-0.25, -0.2) is 0 Å². The van der Waals surface area contributed by atoms with Gasteiger partial charge in [0, 0.05) is 30.5 Å². The topological polar surface area (TPSA) is 73.8 Å². The lowest BCUT2D eigenvalue weighted by atomic mass is 9.79. The maximum atomic E-state index is 10.5. The highest BCUT2D eigenvalue weighted by Gasteiger charge is 2.46. The predicted molar refractivity (Wildman–Crippen MR) is 71.1 cm³/mol. The number of rotatable bonds is 5. The summed E-state index contributed by atoms with van der Waals surface area (Å²) in [6, 6.07) is 0. The zero-order chi connectivity index (χ0) is 14.0. The Hall–Kier alpha value is -0.200. The van der Waals surface area contributed by atoms with Gasteiger partial charge >= 0.3 is 0 Å². The van der Waals surface area contributed by atoms with Gasteiger partial charge in [-0.15, -0.1) is 0 Å². The van der Waals surface area contributed by atoms with Crippen LogP contribution in [0.15, 0.2) is 0 Å². The van der Waals surface area contributed by atoms with Crippen molar-refractivity contribution in [2.45, 2.75) is 70.4 Å². The van der Waals surface area contributed by atoms with E-state index in [0.29, 0.717) is 19.4 Å². The predicted octanol–water partition coefficient (Wildman–Crippen LogP) is 0.560. The number of hydrogen-bond donors (Lipinski definition) is 4. The van der Waals surface area contributed by atoms with Crippen LogP contribution in [0.3, 0.4) is 0 Å². The van der Waals surface area contributed by atoms with Crippen LogP contribution in [0.5, 0.6) is 0 Å². The van der Waals surface area contributed by atoms with E-state index in [9.17, 15) is 5.11 Å². The molecule has 108 valence electrons. The van der Waals surface area contributed by atoms with Gasteiger partial charge in [0.25, 0.3) is 0 Å². The molecular formula is C13H28N2O3. The van der Waals surface area contributed by atoms with Crippen LogP contribution in [0.4, 0.5) is 0 Å². The third-order valence-electron chi connectivity index (χ3n) is 3.00. The van der Waals surface area contributed by atoms with Crippen molar-refractivity contribution in [1.29, 1.82) is 0 Å². The molecule has 0 aliphatic carbocycles. The molecule has 0 spiro atoms. The van der Waals surface area contributed by atoms with Crippen molar-refractivity contribution in [1.82, 2.24) is 10.6 Å². The molecule has 5 nitrogen and oxygen atoms in total. The highest BCUT2D eigenvalue weighted by atomic mass is 16.6. The molecule has 1 heterocycles. The second-order valence-corrected chi connectivity index (χ2v) is 6.78. The Bertz CT molecular complexity index is 261. The van der Waals surface area contributed by atoms with Crippen molar-refractivity contribution in [3.05, 3.63) is 0 Å². The highest BCUT2D eigenvalue weighted by molar-refractivity contribution is 5.00. The fourth-order valence-electron chi connectivity index (χ4n) is 3.00. The molecule has 1 rings (SSSR count). The zero-order valence-electron chi connectivity index (χ0n) is 12.2. The van der Waals surface area contributed by atoms with Gasteiger partial charge in [-0.3, -0.25) is 5.32 Å². The minimum absolute atomic E-state index is 0.166. The quantitative estimate of drug-likeness (QED) is 0.429. The monoisotopic (exact) mass is 260 g/mol. The van der Waals surface area contributed by atoms with Gasteiger partial charge in [0.15, 0.2) is 5.79 Å². The maximum Gasteiger partial charge on any atom is 0.170 e. The molecule has 0 aromatic carbocycles. The van der Waals surface area contributed by atoms with Gasteiger partial charge < -0.3 is 20.3 Å². The molecule has 0 bridgehead atoms. The van der Waals surface area contributed by atoms with Crippen LogP contribution in [0, 0.1) is 0 Å². The molecule has 0 amide bonds. The van der Waals surface area contributed by atoms with Crippen LogP contribution in [0.1, 0.15) is 47.5 Å². The van der Waals surface area contributed by atoms with Crippen molar-refractivity contribution < 1.29 is 14.9 Å². The Morgan fingerprint density at radius 2 is 1.72 bits per heavy atom. The van der Waals surface area contributed by atoms with Gasteiger partial charge in [-0.05, 0) is 34.6 Å². The normalized spacial score (nSPS) is 26.8. The molecule has 1 saturated heterocycles. The Morgan fingerprint density at radius 3 is 2.17 bits per heavy atom. The largest absolute Gasteiger partial charge is 0.392 e. The van der Waals surface area contributed by atoms with E-state index in [4.69, 9.17) is 9.84 Å². The van der Waals surface area contributed by atoms with E-state index in [1.165, 1.54) is 0 Å². The zero-order valence-corrected chi connectivity index (χ0v) is 12.2. The van der Waals surface area contributed by atoms with Crippen LogP contribution in [-0.2, 0) is 4.74 Å². The summed E-state index contributed by atoms with van der Waals surface area (Å²) in [5.74, 6) is -1.12. The van der Waals surface area contributed by atoms with E-state index < -0.39 is 11.9 Å². The van der Waals surface area contributed by atoms with Crippen molar-refractivity contribution in [3.63, 3.8) is 0 Å². The second kappa shape index (κ2) is 5.43. The summed E-state index contributed by atoms with van der Waals surface area (Å²) in [7, 11) is 0. The van der Waals surface area contributed by atoms with Gasteiger partial charge in [0.05, 0.1) is 6.10 Å². The molecule has 0 saturated carbocycles. The first-order valence-electron chi connectivity index (χ1n) is 6.58. The summed E-state index contributed by atoms with van der Waals surface area (Å²) in [6.45, 7) is 10.7. The molecule has 4 N–H and O–H groups in total. The van der Waals surface area contributed by atoms with Gasteiger partial charge in [0.2, 0.25) is 0 Å². The van der Waals surface area contributed by atoms with Gasteiger partial charge in [0.1, 0.15) is 6.73 Å². The molecule has 1 fully saturated rings. The number of piperidine rings is 1. The molecule has 0 radical (unpaired) electrons. The SMILES string of the molecule is CC(O)CNCOC1(O)CC(C)(C)NC(C)(C)C1. The van der Waals surface area contributed by atoms with E-state index in [1.54, 1.807) is 6.92 Å². The van der Waals surface area contributed by atoms with Crippen molar-refractivity contribution in [2.24, 2.45) is 0 Å².